The van der Waals surface area contributed by atoms with Crippen LogP contribution in [-0.4, -0.2) is 12.2 Å². The summed E-state index contributed by atoms with van der Waals surface area (Å²) in [6, 6.07) is 25.1. The Kier molecular flexibility index (Phi) is 7.55. The van der Waals surface area contributed by atoms with Gasteiger partial charge < -0.3 is 39.7 Å². The molecule has 1 unspecified atom stereocenters. The molecule has 0 aliphatic heterocycles. The van der Waals surface area contributed by atoms with Crippen molar-refractivity contribution in [1.29, 1.82) is 0 Å². The van der Waals surface area contributed by atoms with Gasteiger partial charge in [0, 0.05) is 17.1 Å². The molecule has 0 amide bonds. The minimum absolute atomic E-state index is 0. The van der Waals surface area contributed by atoms with Gasteiger partial charge in [0.2, 0.25) is 0 Å². The fourth-order valence-corrected chi connectivity index (χ4v) is 1.90. The minimum Gasteiger partial charge on any atom is -0.747 e. The van der Waals surface area contributed by atoms with Crippen LogP contribution in [0.1, 0.15) is 17.2 Å². The van der Waals surface area contributed by atoms with Gasteiger partial charge in [-0.3, -0.25) is 0 Å². The van der Waals surface area contributed by atoms with E-state index in [4.69, 9.17) is 4.74 Å². The summed E-state index contributed by atoms with van der Waals surface area (Å²) >= 11 is 0. The van der Waals surface area contributed by atoms with E-state index in [2.05, 4.69) is 0 Å². The van der Waals surface area contributed by atoms with E-state index in [9.17, 15) is 5.11 Å². The maximum atomic E-state index is 10.0. The van der Waals surface area contributed by atoms with E-state index < -0.39 is 6.10 Å². The summed E-state index contributed by atoms with van der Waals surface area (Å²) in [7, 11) is 1.62. The van der Waals surface area contributed by atoms with E-state index in [0.29, 0.717) is 0 Å². The molecule has 0 aromatic heterocycles. The van der Waals surface area contributed by atoms with Crippen LogP contribution in [0.25, 0.3) is 0 Å². The molecule has 0 spiro atoms. The second-order valence-electron chi connectivity index (χ2n) is 4.36. The molecular formula is C18H18FeO2-6. The van der Waals surface area contributed by atoms with E-state index >= 15 is 0 Å². The molecule has 0 aliphatic carbocycles. The first-order chi connectivity index (χ1) is 9.81. The van der Waals surface area contributed by atoms with E-state index in [1.54, 1.807) is 7.11 Å². The fraction of sp³-hybridized carbons (Fsp3) is 0.111. The third-order valence-corrected chi connectivity index (χ3v) is 2.97. The summed E-state index contributed by atoms with van der Waals surface area (Å²) in [6.07, 6.45) is -0.574. The largest absolute Gasteiger partial charge is 0.747 e. The van der Waals surface area contributed by atoms with Crippen LogP contribution in [-0.2, 0) is 17.1 Å². The van der Waals surface area contributed by atoms with Crippen LogP contribution >= 0.6 is 0 Å². The van der Waals surface area contributed by atoms with Crippen LogP contribution in [0.2, 0.25) is 0 Å². The molecule has 0 aliphatic rings. The van der Waals surface area contributed by atoms with Crippen molar-refractivity contribution in [2.24, 2.45) is 0 Å². The van der Waals surface area contributed by atoms with Crippen molar-refractivity contribution < 1.29 is 26.9 Å². The summed E-state index contributed by atoms with van der Waals surface area (Å²) in [4.78, 5) is 0. The average molecular weight is 322 g/mol. The van der Waals surface area contributed by atoms with Crippen LogP contribution in [0.15, 0.2) is 78.9 Å². The summed E-state index contributed by atoms with van der Waals surface area (Å²) in [6.45, 7) is 0. The molecule has 0 bridgehead atoms. The monoisotopic (exact) mass is 322 g/mol. The number of rotatable bonds is 3. The molecule has 3 rings (SSSR count). The van der Waals surface area contributed by atoms with Crippen LogP contribution in [0.3, 0.4) is 0 Å². The normalized spacial score (nSPS) is 10.8. The van der Waals surface area contributed by atoms with E-state index in [0.717, 1.165) is 16.9 Å². The average Bonchev–Trinajstić information content (AvgIpc) is 3.21. The SMILES string of the molecule is COc1cccc(C(O)[c-]2[cH-][cH-][cH-][cH-]2)c1.[Fe].c1cc[cH-]c1. The Morgan fingerprint density at radius 1 is 1.10 bits per heavy atom. The van der Waals surface area contributed by atoms with Crippen molar-refractivity contribution in [1.82, 2.24) is 0 Å². The van der Waals surface area contributed by atoms with Crippen molar-refractivity contribution in [2.75, 3.05) is 7.11 Å². The second-order valence-corrected chi connectivity index (χ2v) is 4.36. The van der Waals surface area contributed by atoms with Crippen LogP contribution in [0, 0.1) is 0 Å². The Bertz CT molecular complexity index is 568. The summed E-state index contributed by atoms with van der Waals surface area (Å²) in [5, 5.41) is 10.0. The minimum atomic E-state index is -0.574. The molecule has 116 valence electrons. The quantitative estimate of drug-likeness (QED) is 0.585. The number of methoxy groups -OCH3 is 1. The van der Waals surface area contributed by atoms with Gasteiger partial charge in [-0.1, -0.05) is 18.2 Å². The Labute approximate surface area is 136 Å². The molecule has 0 fully saturated rings. The zero-order valence-corrected chi connectivity index (χ0v) is 12.9. The second kappa shape index (κ2) is 9.19. The number of ether oxygens (including phenoxy) is 1. The van der Waals surface area contributed by atoms with Crippen molar-refractivity contribution in [3.05, 3.63) is 90.0 Å². The molecule has 3 aromatic carbocycles. The number of hydrogen-bond acceptors (Lipinski definition) is 2. The summed E-state index contributed by atoms with van der Waals surface area (Å²) in [5.74, 6) is 0.762. The predicted octanol–water partition coefficient (Wildman–Crippen LogP) is 3.90. The molecule has 0 heterocycles. The van der Waals surface area contributed by atoms with Gasteiger partial charge in [-0.15, -0.1) is 0 Å². The third kappa shape index (κ3) is 5.24. The summed E-state index contributed by atoms with van der Waals surface area (Å²) < 4.78 is 5.11. The van der Waals surface area contributed by atoms with Gasteiger partial charge in [-0.05, 0) is 17.7 Å². The molecule has 3 heteroatoms. The molecule has 0 saturated heterocycles. The maximum absolute atomic E-state index is 10.0. The van der Waals surface area contributed by atoms with Crippen LogP contribution < -0.4 is 4.74 Å². The summed E-state index contributed by atoms with van der Waals surface area (Å²) in [5.41, 5.74) is 1.75. The molecule has 3 aromatic rings. The van der Waals surface area contributed by atoms with Gasteiger partial charge in [0.15, 0.2) is 0 Å². The molecular weight excluding hydrogens is 304 g/mol. The van der Waals surface area contributed by atoms with Crippen LogP contribution in [0.4, 0.5) is 0 Å². The van der Waals surface area contributed by atoms with E-state index in [1.165, 1.54) is 0 Å². The molecule has 1 atom stereocenters. The smallest absolute Gasteiger partial charge is 0.119 e. The van der Waals surface area contributed by atoms with Crippen molar-refractivity contribution in [3.63, 3.8) is 0 Å². The molecule has 1 N–H and O–H groups in total. The van der Waals surface area contributed by atoms with Gasteiger partial charge in [-0.2, -0.15) is 18.2 Å². The van der Waals surface area contributed by atoms with Crippen molar-refractivity contribution in [2.45, 2.75) is 6.10 Å². The number of aliphatic hydroxyl groups excluding tert-OH is 1. The molecule has 0 radical (unpaired) electrons. The Morgan fingerprint density at radius 2 is 1.76 bits per heavy atom. The van der Waals surface area contributed by atoms with Gasteiger partial charge in [-0.25, -0.2) is 12.1 Å². The van der Waals surface area contributed by atoms with Gasteiger partial charge in [0.1, 0.15) is 5.75 Å². The number of benzene rings is 1. The van der Waals surface area contributed by atoms with Gasteiger partial charge in [0.25, 0.3) is 0 Å². The Balaban J connectivity index is 0.000000313. The Morgan fingerprint density at radius 3 is 2.29 bits per heavy atom. The van der Waals surface area contributed by atoms with Gasteiger partial charge >= 0.3 is 0 Å². The zero-order valence-electron chi connectivity index (χ0n) is 11.8. The molecule has 2 nitrogen and oxygen atoms in total. The Hall–Kier alpha value is -1.80. The van der Waals surface area contributed by atoms with Crippen molar-refractivity contribution >= 4 is 0 Å². The first kappa shape index (κ1) is 17.3. The molecule has 21 heavy (non-hydrogen) atoms. The topological polar surface area (TPSA) is 29.5 Å². The first-order valence-corrected chi connectivity index (χ1v) is 6.51. The maximum Gasteiger partial charge on any atom is 0.119 e. The van der Waals surface area contributed by atoms with Gasteiger partial charge in [0.05, 0.1) is 7.11 Å². The zero-order chi connectivity index (χ0) is 14.2. The fourth-order valence-electron chi connectivity index (χ4n) is 1.90. The van der Waals surface area contributed by atoms with E-state index in [1.807, 2.05) is 78.9 Å². The third-order valence-electron chi connectivity index (χ3n) is 2.97. The van der Waals surface area contributed by atoms with Crippen molar-refractivity contribution in [3.8, 4) is 5.75 Å². The number of hydrogen-bond donors (Lipinski definition) is 1. The predicted molar refractivity (Wildman–Crippen MR) is 81.1 cm³/mol. The van der Waals surface area contributed by atoms with Crippen LogP contribution in [0.5, 0.6) is 5.75 Å². The number of aliphatic hydroxyl groups is 1. The molecule has 0 saturated carbocycles. The van der Waals surface area contributed by atoms with E-state index in [-0.39, 0.29) is 17.1 Å². The first-order valence-electron chi connectivity index (χ1n) is 6.51. The standard InChI is InChI=1S/C13H13O2.C5H5.Fe/c1-15-12-8-4-7-11(9-12)13(14)10-5-2-3-6-10;1-2-4-5-3-1;/h2-9,13-14H,1H3;1-5H;/q-5;-1;.